The minimum Gasteiger partial charge on any atom is -0.314 e. The Labute approximate surface area is 123 Å². The van der Waals surface area contributed by atoms with Gasteiger partial charge in [-0.15, -0.1) is 0 Å². The molecule has 2 nitrogen and oxygen atoms in total. The Kier molecular flexibility index (Phi) is 4.24. The highest BCUT2D eigenvalue weighted by atomic mass is 35.5. The lowest BCUT2D eigenvalue weighted by Crippen LogP contribution is -2.45. The maximum absolute atomic E-state index is 14.3. The third kappa shape index (κ3) is 2.97. The van der Waals surface area contributed by atoms with E-state index in [4.69, 9.17) is 11.6 Å². The molecule has 0 radical (unpaired) electrons. The zero-order chi connectivity index (χ0) is 14.1. The third-order valence-electron chi connectivity index (χ3n) is 4.26. The molecule has 1 aliphatic carbocycles. The molecule has 1 heterocycles. The van der Waals surface area contributed by atoms with Crippen LogP contribution in [0.25, 0.3) is 0 Å². The van der Waals surface area contributed by atoms with E-state index in [1.165, 1.54) is 25.0 Å². The van der Waals surface area contributed by atoms with Crippen LogP contribution < -0.4 is 5.32 Å². The summed E-state index contributed by atoms with van der Waals surface area (Å²) in [6.45, 7) is 3.38. The van der Waals surface area contributed by atoms with Gasteiger partial charge in [0, 0.05) is 37.8 Å². The average Bonchev–Trinajstić information content (AvgIpc) is 3.27. The van der Waals surface area contributed by atoms with Gasteiger partial charge >= 0.3 is 0 Å². The molecule has 0 bridgehead atoms. The number of nitrogens with one attached hydrogen (secondary N) is 1. The molecule has 2 fully saturated rings. The van der Waals surface area contributed by atoms with Gasteiger partial charge < -0.3 is 5.32 Å². The Bertz CT molecular complexity index is 485. The lowest BCUT2D eigenvalue weighted by atomic mass is 9.97. The van der Waals surface area contributed by atoms with Gasteiger partial charge in [-0.3, -0.25) is 4.90 Å². The van der Waals surface area contributed by atoms with E-state index in [9.17, 15) is 8.78 Å². The molecule has 1 aliphatic heterocycles. The summed E-state index contributed by atoms with van der Waals surface area (Å²) in [7, 11) is 0. The van der Waals surface area contributed by atoms with Crippen LogP contribution in [0.3, 0.4) is 0 Å². The molecule has 1 aromatic carbocycles. The highest BCUT2D eigenvalue weighted by Crippen LogP contribution is 2.42. The van der Waals surface area contributed by atoms with Crippen LogP contribution in [0.4, 0.5) is 8.78 Å². The summed E-state index contributed by atoms with van der Waals surface area (Å²) < 4.78 is 28.5. The Morgan fingerprint density at radius 2 is 1.95 bits per heavy atom. The molecule has 1 aromatic rings. The molecule has 1 atom stereocenters. The van der Waals surface area contributed by atoms with Crippen LogP contribution in [-0.4, -0.2) is 31.1 Å². The first-order chi connectivity index (χ1) is 9.66. The van der Waals surface area contributed by atoms with E-state index in [1.54, 1.807) is 0 Å². The first kappa shape index (κ1) is 14.2. The first-order valence-electron chi connectivity index (χ1n) is 7.25. The van der Waals surface area contributed by atoms with Gasteiger partial charge in [0.25, 0.3) is 0 Å². The van der Waals surface area contributed by atoms with E-state index >= 15 is 0 Å². The van der Waals surface area contributed by atoms with Gasteiger partial charge in [-0.2, -0.15) is 0 Å². The van der Waals surface area contributed by atoms with Crippen LogP contribution >= 0.6 is 11.6 Å². The highest BCUT2D eigenvalue weighted by molar-refractivity contribution is 6.30. The SMILES string of the molecule is Fc1ccc(Cl)c(F)c1[C@@H](CC1CC1)N1CCNCC1. The number of hydrogen-bond acceptors (Lipinski definition) is 2. The standard InChI is InChI=1S/C15H19ClF2N2/c16-11-3-4-12(17)14(15(11)18)13(9-10-1-2-10)20-7-5-19-6-8-20/h3-4,10,13,19H,1-2,5-9H2/t13-/m1/s1. The van der Waals surface area contributed by atoms with Crippen molar-refractivity contribution in [2.45, 2.75) is 25.3 Å². The Hall–Kier alpha value is -0.710. The number of hydrogen-bond donors (Lipinski definition) is 1. The van der Waals surface area contributed by atoms with E-state index < -0.39 is 11.6 Å². The molecule has 0 unspecified atom stereocenters. The number of piperazine rings is 1. The molecule has 1 N–H and O–H groups in total. The van der Waals surface area contributed by atoms with Gasteiger partial charge in [0.05, 0.1) is 5.02 Å². The Morgan fingerprint density at radius 3 is 2.60 bits per heavy atom. The minimum absolute atomic E-state index is 0.0114. The normalized spacial score (nSPS) is 21.9. The Morgan fingerprint density at radius 1 is 1.25 bits per heavy atom. The number of benzene rings is 1. The first-order valence-corrected chi connectivity index (χ1v) is 7.63. The second-order valence-electron chi connectivity index (χ2n) is 5.74. The van der Waals surface area contributed by atoms with Gasteiger partial charge in [0.2, 0.25) is 0 Å². The molecular formula is C15H19ClF2N2. The molecule has 1 saturated carbocycles. The predicted octanol–water partition coefficient (Wildman–Crippen LogP) is 3.36. The second-order valence-corrected chi connectivity index (χ2v) is 6.14. The van der Waals surface area contributed by atoms with Gasteiger partial charge in [-0.05, 0) is 24.5 Å². The Balaban J connectivity index is 1.93. The van der Waals surface area contributed by atoms with E-state index in [1.807, 2.05) is 0 Å². The van der Waals surface area contributed by atoms with Crippen molar-refractivity contribution < 1.29 is 8.78 Å². The zero-order valence-corrected chi connectivity index (χ0v) is 12.1. The molecule has 0 spiro atoms. The number of rotatable bonds is 4. The van der Waals surface area contributed by atoms with Crippen molar-refractivity contribution in [3.05, 3.63) is 34.4 Å². The van der Waals surface area contributed by atoms with Gasteiger partial charge in [-0.25, -0.2) is 8.78 Å². The van der Waals surface area contributed by atoms with Crippen LogP contribution in [0.15, 0.2) is 12.1 Å². The third-order valence-corrected chi connectivity index (χ3v) is 4.55. The quantitative estimate of drug-likeness (QED) is 0.858. The van der Waals surface area contributed by atoms with Crippen LogP contribution in [-0.2, 0) is 0 Å². The van der Waals surface area contributed by atoms with Crippen LogP contribution in [0.5, 0.6) is 0 Å². The molecule has 5 heteroatoms. The minimum atomic E-state index is -0.587. The summed E-state index contributed by atoms with van der Waals surface area (Å²) >= 11 is 5.85. The number of halogens is 3. The molecular weight excluding hydrogens is 282 g/mol. The van der Waals surface area contributed by atoms with Crippen LogP contribution in [0.1, 0.15) is 30.9 Å². The molecule has 2 aliphatic rings. The summed E-state index contributed by atoms with van der Waals surface area (Å²) in [5, 5.41) is 3.29. The fraction of sp³-hybridized carbons (Fsp3) is 0.600. The summed E-state index contributed by atoms with van der Waals surface area (Å²) in [5.41, 5.74) is 0.159. The maximum atomic E-state index is 14.3. The average molecular weight is 301 g/mol. The van der Waals surface area contributed by atoms with E-state index in [2.05, 4.69) is 10.2 Å². The molecule has 1 saturated heterocycles. The lowest BCUT2D eigenvalue weighted by molar-refractivity contribution is 0.154. The van der Waals surface area contributed by atoms with Crippen molar-refractivity contribution in [3.8, 4) is 0 Å². The summed E-state index contributed by atoms with van der Waals surface area (Å²) in [6.07, 6.45) is 3.17. The largest absolute Gasteiger partial charge is 0.314 e. The van der Waals surface area contributed by atoms with Crippen molar-refractivity contribution >= 4 is 11.6 Å². The smallest absolute Gasteiger partial charge is 0.149 e. The molecule has 3 rings (SSSR count). The van der Waals surface area contributed by atoms with Crippen LogP contribution in [0.2, 0.25) is 5.02 Å². The summed E-state index contributed by atoms with van der Waals surface area (Å²) in [5.74, 6) is -0.459. The van der Waals surface area contributed by atoms with Crippen molar-refractivity contribution in [2.24, 2.45) is 5.92 Å². The van der Waals surface area contributed by atoms with Crippen molar-refractivity contribution in [1.82, 2.24) is 10.2 Å². The number of nitrogens with zero attached hydrogens (tertiary/aromatic N) is 1. The second kappa shape index (κ2) is 5.96. The summed E-state index contributed by atoms with van der Waals surface area (Å²) in [4.78, 5) is 2.19. The van der Waals surface area contributed by atoms with Crippen LogP contribution in [0, 0.1) is 17.6 Å². The van der Waals surface area contributed by atoms with Crippen molar-refractivity contribution in [3.63, 3.8) is 0 Å². The van der Waals surface area contributed by atoms with Gasteiger partial charge in [0.15, 0.2) is 0 Å². The molecule has 0 aromatic heterocycles. The van der Waals surface area contributed by atoms with Crippen molar-refractivity contribution in [1.29, 1.82) is 0 Å². The highest BCUT2D eigenvalue weighted by Gasteiger charge is 2.34. The topological polar surface area (TPSA) is 15.3 Å². The predicted molar refractivity (Wildman–Crippen MR) is 75.9 cm³/mol. The van der Waals surface area contributed by atoms with Crippen molar-refractivity contribution in [2.75, 3.05) is 26.2 Å². The van der Waals surface area contributed by atoms with E-state index in [-0.39, 0.29) is 16.6 Å². The zero-order valence-electron chi connectivity index (χ0n) is 11.3. The molecule has 110 valence electrons. The monoisotopic (exact) mass is 300 g/mol. The maximum Gasteiger partial charge on any atom is 0.149 e. The fourth-order valence-corrected chi connectivity index (χ4v) is 3.13. The fourth-order valence-electron chi connectivity index (χ4n) is 2.96. The van der Waals surface area contributed by atoms with Gasteiger partial charge in [0.1, 0.15) is 11.6 Å². The lowest BCUT2D eigenvalue weighted by Gasteiger charge is -2.35. The summed E-state index contributed by atoms with van der Waals surface area (Å²) in [6, 6.07) is 2.38. The van der Waals surface area contributed by atoms with E-state index in [0.717, 1.165) is 32.6 Å². The molecule has 20 heavy (non-hydrogen) atoms. The van der Waals surface area contributed by atoms with Gasteiger partial charge in [-0.1, -0.05) is 24.4 Å². The molecule has 0 amide bonds. The van der Waals surface area contributed by atoms with E-state index in [0.29, 0.717) is 5.92 Å².